The summed E-state index contributed by atoms with van der Waals surface area (Å²) < 4.78 is 23.7. The van der Waals surface area contributed by atoms with Crippen LogP contribution in [-0.4, -0.2) is 30.6 Å². The molecule has 2 N–H and O–H groups in total. The zero-order valence-corrected chi connectivity index (χ0v) is 17.8. The van der Waals surface area contributed by atoms with Crippen LogP contribution >= 0.6 is 0 Å². The lowest BCUT2D eigenvalue weighted by molar-refractivity contribution is 0.262. The van der Waals surface area contributed by atoms with E-state index in [1.807, 2.05) is 27.1 Å². The SMILES string of the molecule is CC(C)n1cc(NC(=O)Nc2ccc(Oc3ccnc(-c4cnn(C)c4)c3)cc2F)cn1. The van der Waals surface area contributed by atoms with E-state index in [4.69, 9.17) is 4.74 Å². The summed E-state index contributed by atoms with van der Waals surface area (Å²) in [6.07, 6.45) is 8.37. The van der Waals surface area contributed by atoms with Gasteiger partial charge in [-0.1, -0.05) is 0 Å². The Balaban J connectivity index is 1.41. The number of benzene rings is 1. The van der Waals surface area contributed by atoms with E-state index in [2.05, 4.69) is 25.8 Å². The van der Waals surface area contributed by atoms with E-state index < -0.39 is 11.8 Å². The molecule has 2 amide bonds. The number of hydrogen-bond acceptors (Lipinski definition) is 5. The summed E-state index contributed by atoms with van der Waals surface area (Å²) in [6, 6.07) is 7.22. The van der Waals surface area contributed by atoms with Crippen molar-refractivity contribution in [2.24, 2.45) is 7.05 Å². The van der Waals surface area contributed by atoms with Gasteiger partial charge in [0, 0.05) is 49.4 Å². The van der Waals surface area contributed by atoms with Crippen molar-refractivity contribution in [3.63, 3.8) is 0 Å². The van der Waals surface area contributed by atoms with Gasteiger partial charge in [0.05, 0.1) is 29.5 Å². The summed E-state index contributed by atoms with van der Waals surface area (Å²) in [7, 11) is 1.82. The molecule has 4 rings (SSSR count). The van der Waals surface area contributed by atoms with Gasteiger partial charge in [-0.2, -0.15) is 10.2 Å². The van der Waals surface area contributed by atoms with Gasteiger partial charge in [-0.25, -0.2) is 9.18 Å². The van der Waals surface area contributed by atoms with Crippen molar-refractivity contribution < 1.29 is 13.9 Å². The van der Waals surface area contributed by atoms with Crippen LogP contribution in [0.3, 0.4) is 0 Å². The molecule has 0 aliphatic carbocycles. The largest absolute Gasteiger partial charge is 0.457 e. The molecular weight excluding hydrogens is 413 g/mol. The molecule has 0 atom stereocenters. The van der Waals surface area contributed by atoms with Gasteiger partial charge in [0.2, 0.25) is 0 Å². The summed E-state index contributed by atoms with van der Waals surface area (Å²) >= 11 is 0. The Labute approximate surface area is 183 Å². The minimum absolute atomic E-state index is 0.0249. The lowest BCUT2D eigenvalue weighted by Crippen LogP contribution is -2.19. The van der Waals surface area contributed by atoms with Crippen molar-refractivity contribution in [3.05, 3.63) is 67.1 Å². The first kappa shape index (κ1) is 21.0. The van der Waals surface area contributed by atoms with Gasteiger partial charge in [0.1, 0.15) is 17.3 Å². The Morgan fingerprint density at radius 3 is 2.56 bits per heavy atom. The van der Waals surface area contributed by atoms with Gasteiger partial charge >= 0.3 is 6.03 Å². The van der Waals surface area contributed by atoms with E-state index in [1.165, 1.54) is 18.3 Å². The predicted octanol–water partition coefficient (Wildman–Crippen LogP) is 4.83. The molecule has 1 aromatic carbocycles. The maximum Gasteiger partial charge on any atom is 0.323 e. The van der Waals surface area contributed by atoms with Crippen molar-refractivity contribution in [2.45, 2.75) is 19.9 Å². The number of urea groups is 1. The van der Waals surface area contributed by atoms with Crippen molar-refractivity contribution in [2.75, 3.05) is 10.6 Å². The average molecular weight is 435 g/mol. The van der Waals surface area contributed by atoms with E-state index in [0.29, 0.717) is 17.1 Å². The minimum Gasteiger partial charge on any atom is -0.457 e. The van der Waals surface area contributed by atoms with Crippen molar-refractivity contribution in [3.8, 4) is 22.8 Å². The van der Waals surface area contributed by atoms with E-state index in [-0.39, 0.29) is 17.5 Å². The fraction of sp³-hybridized carbons (Fsp3) is 0.182. The zero-order chi connectivity index (χ0) is 22.7. The molecule has 0 radical (unpaired) electrons. The van der Waals surface area contributed by atoms with Gasteiger partial charge in [0.25, 0.3) is 0 Å². The molecule has 164 valence electrons. The second kappa shape index (κ2) is 8.88. The number of halogens is 1. The summed E-state index contributed by atoms with van der Waals surface area (Å²) in [6.45, 7) is 3.95. The number of aryl methyl sites for hydroxylation is 1. The third-order valence-corrected chi connectivity index (χ3v) is 4.54. The highest BCUT2D eigenvalue weighted by Crippen LogP contribution is 2.28. The second-order valence-electron chi connectivity index (χ2n) is 7.41. The number of aromatic nitrogens is 5. The van der Waals surface area contributed by atoms with E-state index in [0.717, 1.165) is 5.56 Å². The highest BCUT2D eigenvalue weighted by atomic mass is 19.1. The Kier molecular flexibility index (Phi) is 5.84. The van der Waals surface area contributed by atoms with Crippen LogP contribution in [0.2, 0.25) is 0 Å². The number of pyridine rings is 1. The number of carbonyl (C=O) groups excluding carboxylic acids is 1. The van der Waals surface area contributed by atoms with Crippen molar-refractivity contribution in [1.82, 2.24) is 24.5 Å². The molecule has 0 fully saturated rings. The van der Waals surface area contributed by atoms with Crippen LogP contribution in [0.4, 0.5) is 20.6 Å². The van der Waals surface area contributed by atoms with Gasteiger partial charge in [0.15, 0.2) is 0 Å². The van der Waals surface area contributed by atoms with Crippen molar-refractivity contribution in [1.29, 1.82) is 0 Å². The third kappa shape index (κ3) is 4.91. The number of hydrogen-bond donors (Lipinski definition) is 2. The first-order valence-electron chi connectivity index (χ1n) is 9.92. The number of carbonyl (C=O) groups is 1. The van der Waals surface area contributed by atoms with E-state index in [9.17, 15) is 9.18 Å². The second-order valence-corrected chi connectivity index (χ2v) is 7.41. The molecule has 3 heterocycles. The van der Waals surface area contributed by atoms with E-state index in [1.54, 1.807) is 46.2 Å². The van der Waals surface area contributed by atoms with Gasteiger partial charge < -0.3 is 15.4 Å². The average Bonchev–Trinajstić information content (AvgIpc) is 3.39. The van der Waals surface area contributed by atoms with Crippen LogP contribution in [0.25, 0.3) is 11.3 Å². The Hall–Kier alpha value is -4.21. The quantitative estimate of drug-likeness (QED) is 0.452. The Morgan fingerprint density at radius 2 is 1.88 bits per heavy atom. The standard InChI is InChI=1S/C22H22FN7O2/c1-14(2)30-13-16(11-26-30)27-22(31)28-20-5-4-17(8-19(20)23)32-18-6-7-24-21(9-18)15-10-25-29(3)12-15/h4-14H,1-3H3,(H2,27,28,31). The Bertz CT molecular complexity index is 1250. The lowest BCUT2D eigenvalue weighted by Gasteiger charge is -2.10. The lowest BCUT2D eigenvalue weighted by atomic mass is 10.2. The monoisotopic (exact) mass is 435 g/mol. The van der Waals surface area contributed by atoms with Crippen LogP contribution in [0.5, 0.6) is 11.5 Å². The maximum absolute atomic E-state index is 14.5. The molecule has 0 aliphatic heterocycles. The molecule has 4 aromatic rings. The van der Waals surface area contributed by atoms with Crippen LogP contribution in [0, 0.1) is 5.82 Å². The number of rotatable bonds is 6. The molecule has 0 aliphatic rings. The normalized spacial score (nSPS) is 10.9. The van der Waals surface area contributed by atoms with Gasteiger partial charge in [-0.05, 0) is 32.0 Å². The van der Waals surface area contributed by atoms with E-state index >= 15 is 0 Å². The maximum atomic E-state index is 14.5. The summed E-state index contributed by atoms with van der Waals surface area (Å²) in [5.41, 5.74) is 2.07. The fourth-order valence-electron chi connectivity index (χ4n) is 2.95. The number of nitrogens with zero attached hydrogens (tertiary/aromatic N) is 5. The summed E-state index contributed by atoms with van der Waals surface area (Å²) in [4.78, 5) is 16.5. The molecule has 0 saturated carbocycles. The Morgan fingerprint density at radius 1 is 1.06 bits per heavy atom. The molecule has 0 bridgehead atoms. The highest BCUT2D eigenvalue weighted by Gasteiger charge is 2.11. The third-order valence-electron chi connectivity index (χ3n) is 4.54. The van der Waals surface area contributed by atoms with Crippen LogP contribution in [0.15, 0.2) is 61.3 Å². The van der Waals surface area contributed by atoms with Crippen molar-refractivity contribution >= 4 is 17.4 Å². The van der Waals surface area contributed by atoms with Gasteiger partial charge in [-0.3, -0.25) is 14.3 Å². The van der Waals surface area contributed by atoms with Crippen LogP contribution < -0.4 is 15.4 Å². The van der Waals surface area contributed by atoms with Crippen LogP contribution in [-0.2, 0) is 7.05 Å². The smallest absolute Gasteiger partial charge is 0.323 e. The zero-order valence-electron chi connectivity index (χ0n) is 17.8. The number of ether oxygens (including phenoxy) is 1. The molecular formula is C22H22FN7O2. The first-order valence-corrected chi connectivity index (χ1v) is 9.92. The van der Waals surface area contributed by atoms with Gasteiger partial charge in [-0.15, -0.1) is 0 Å². The molecule has 10 heteroatoms. The topological polar surface area (TPSA) is 98.9 Å². The highest BCUT2D eigenvalue weighted by molar-refractivity contribution is 5.99. The fourth-order valence-corrected chi connectivity index (χ4v) is 2.95. The minimum atomic E-state index is -0.628. The molecule has 3 aromatic heterocycles. The molecule has 0 unspecified atom stereocenters. The number of amides is 2. The first-order chi connectivity index (χ1) is 15.4. The van der Waals surface area contributed by atoms with Crippen LogP contribution in [0.1, 0.15) is 19.9 Å². The number of anilines is 2. The number of nitrogens with one attached hydrogen (secondary N) is 2. The summed E-state index contributed by atoms with van der Waals surface area (Å²) in [5.74, 6) is 0.158. The predicted molar refractivity (Wildman–Crippen MR) is 118 cm³/mol. The molecule has 32 heavy (non-hydrogen) atoms. The molecule has 9 nitrogen and oxygen atoms in total. The molecule has 0 saturated heterocycles. The summed E-state index contributed by atoms with van der Waals surface area (Å²) in [5, 5.41) is 13.4. The molecule has 0 spiro atoms.